The van der Waals surface area contributed by atoms with E-state index in [9.17, 15) is 0 Å². The summed E-state index contributed by atoms with van der Waals surface area (Å²) in [5, 5.41) is 9.54. The number of rotatable bonds is 4. The topological polar surface area (TPSA) is 55.2 Å². The number of nitrogens with zero attached hydrogens (tertiary/aromatic N) is 1. The Balaban J connectivity index is -0.000000150. The number of quaternary nitrogens is 1. The Morgan fingerprint density at radius 2 is 1.69 bits per heavy atom. The summed E-state index contributed by atoms with van der Waals surface area (Å²) in [5.74, 6) is 0. The first-order valence-corrected chi connectivity index (χ1v) is 5.57. The molecule has 0 unspecified atom stereocenters. The first kappa shape index (κ1) is 19.0. The predicted octanol–water partition coefficient (Wildman–Crippen LogP) is 2.03. The number of aliphatic hydroxyl groups excluding tert-OH is 1. The average molecular weight is 258 g/mol. The zero-order chi connectivity index (χ0) is 10.0. The van der Waals surface area contributed by atoms with Gasteiger partial charge in [0.2, 0.25) is 0 Å². The highest BCUT2D eigenvalue weighted by Crippen LogP contribution is 1.89. The molecule has 0 aromatic rings. The number of unbranched alkanes of at least 4 members (excludes halogenated alkanes) is 1. The van der Waals surface area contributed by atoms with Gasteiger partial charge in [-0.05, 0) is 6.42 Å². The van der Waals surface area contributed by atoms with Crippen molar-refractivity contribution in [3.05, 3.63) is 0 Å². The van der Waals surface area contributed by atoms with Crippen molar-refractivity contribution in [2.45, 2.75) is 19.8 Å². The highest BCUT2D eigenvalue weighted by molar-refractivity contribution is 9.09. The molecule has 4 heteroatoms. The van der Waals surface area contributed by atoms with Gasteiger partial charge >= 0.3 is 0 Å². The third-order valence-electron chi connectivity index (χ3n) is 1.26. The Kier molecular flexibility index (Phi) is 18.1. The molecule has 0 saturated heterocycles. The molecule has 84 valence electrons. The number of halogens is 1. The van der Waals surface area contributed by atoms with E-state index in [0.29, 0.717) is 0 Å². The molecule has 0 fully saturated rings. The van der Waals surface area contributed by atoms with Crippen LogP contribution >= 0.6 is 15.9 Å². The van der Waals surface area contributed by atoms with Crippen LogP contribution in [0.5, 0.6) is 0 Å². The van der Waals surface area contributed by atoms with Crippen molar-refractivity contribution < 1.29 is 9.59 Å². The van der Waals surface area contributed by atoms with Gasteiger partial charge in [0.25, 0.3) is 0 Å². The SMILES string of the molecule is CCCCBr.C[N+](C)(C)CCO.N. The van der Waals surface area contributed by atoms with E-state index in [0.717, 1.165) is 16.4 Å². The highest BCUT2D eigenvalue weighted by atomic mass is 79.9. The molecule has 3 nitrogen and oxygen atoms in total. The minimum absolute atomic E-state index is 0. The Labute approximate surface area is 91.4 Å². The van der Waals surface area contributed by atoms with Crippen LogP contribution in [0.2, 0.25) is 0 Å². The van der Waals surface area contributed by atoms with Gasteiger partial charge in [-0.2, -0.15) is 0 Å². The largest absolute Gasteiger partial charge is 0.391 e. The summed E-state index contributed by atoms with van der Waals surface area (Å²) >= 11 is 3.31. The van der Waals surface area contributed by atoms with Crippen molar-refractivity contribution in [2.75, 3.05) is 39.6 Å². The van der Waals surface area contributed by atoms with Crippen LogP contribution in [-0.2, 0) is 0 Å². The van der Waals surface area contributed by atoms with Gasteiger partial charge in [-0.1, -0.05) is 29.3 Å². The quantitative estimate of drug-likeness (QED) is 0.598. The minimum atomic E-state index is 0. The van der Waals surface area contributed by atoms with Crippen LogP contribution in [-0.4, -0.2) is 49.2 Å². The van der Waals surface area contributed by atoms with E-state index in [-0.39, 0.29) is 12.8 Å². The van der Waals surface area contributed by atoms with Gasteiger partial charge in [-0.25, -0.2) is 0 Å². The summed E-state index contributed by atoms with van der Waals surface area (Å²) in [4.78, 5) is 0. The van der Waals surface area contributed by atoms with Crippen LogP contribution in [0.25, 0.3) is 0 Å². The molecule has 0 atom stereocenters. The van der Waals surface area contributed by atoms with E-state index in [1.165, 1.54) is 12.8 Å². The molecule has 0 spiro atoms. The van der Waals surface area contributed by atoms with Crippen LogP contribution in [0.3, 0.4) is 0 Å². The zero-order valence-electron chi connectivity index (χ0n) is 9.52. The molecular formula is C9H26BrN2O+. The number of likely N-dealkylation sites (N-methyl/N-ethyl adjacent to an activating group) is 1. The maximum Gasteiger partial charge on any atom is 0.101 e. The summed E-state index contributed by atoms with van der Waals surface area (Å²) in [6, 6.07) is 0. The second-order valence-electron chi connectivity index (χ2n) is 3.78. The summed E-state index contributed by atoms with van der Waals surface area (Å²) in [6.07, 6.45) is 2.60. The van der Waals surface area contributed by atoms with Crippen LogP contribution in [0.4, 0.5) is 0 Å². The molecule has 0 amide bonds. The smallest absolute Gasteiger partial charge is 0.101 e. The molecule has 0 aliphatic heterocycles. The summed E-state index contributed by atoms with van der Waals surface area (Å²) in [5.41, 5.74) is 0. The molecule has 0 aliphatic carbocycles. The van der Waals surface area contributed by atoms with Gasteiger partial charge in [0.15, 0.2) is 0 Å². The van der Waals surface area contributed by atoms with E-state index in [2.05, 4.69) is 44.0 Å². The molecule has 0 rings (SSSR count). The lowest BCUT2D eigenvalue weighted by molar-refractivity contribution is -0.870. The molecule has 0 aromatic carbocycles. The highest BCUT2D eigenvalue weighted by Gasteiger charge is 2.02. The standard InChI is InChI=1S/C5H14NO.C4H9Br.H3N/c1-6(2,3)4-5-7;1-2-3-4-5;/h7H,4-5H2,1-3H3;2-4H2,1H3;1H3/q+1;;. The molecule has 13 heavy (non-hydrogen) atoms. The van der Waals surface area contributed by atoms with Crippen molar-refractivity contribution >= 4 is 15.9 Å². The number of alkyl halides is 1. The minimum Gasteiger partial charge on any atom is -0.391 e. The first-order valence-electron chi connectivity index (χ1n) is 4.45. The van der Waals surface area contributed by atoms with Crippen LogP contribution in [0.15, 0.2) is 0 Å². The zero-order valence-corrected chi connectivity index (χ0v) is 11.1. The first-order chi connectivity index (χ1) is 5.47. The molecular weight excluding hydrogens is 232 g/mol. The Bertz CT molecular complexity index is 82.2. The fourth-order valence-electron chi connectivity index (χ4n) is 0.434. The maximum atomic E-state index is 8.39. The van der Waals surface area contributed by atoms with Crippen molar-refractivity contribution in [1.29, 1.82) is 0 Å². The van der Waals surface area contributed by atoms with Crippen molar-refractivity contribution in [1.82, 2.24) is 6.15 Å². The number of hydrogen-bond acceptors (Lipinski definition) is 2. The number of aliphatic hydroxyl groups is 1. The van der Waals surface area contributed by atoms with E-state index < -0.39 is 0 Å². The van der Waals surface area contributed by atoms with Crippen molar-refractivity contribution in [2.24, 2.45) is 0 Å². The summed E-state index contributed by atoms with van der Waals surface area (Å²) in [6.45, 7) is 3.30. The fraction of sp³-hybridized carbons (Fsp3) is 1.00. The average Bonchev–Trinajstić information content (AvgIpc) is 1.87. The predicted molar refractivity (Wildman–Crippen MR) is 63.7 cm³/mol. The number of hydrogen-bond donors (Lipinski definition) is 2. The second-order valence-corrected chi connectivity index (χ2v) is 4.57. The lowest BCUT2D eigenvalue weighted by Crippen LogP contribution is -2.36. The van der Waals surface area contributed by atoms with E-state index >= 15 is 0 Å². The monoisotopic (exact) mass is 257 g/mol. The van der Waals surface area contributed by atoms with Crippen LogP contribution in [0.1, 0.15) is 19.8 Å². The Morgan fingerprint density at radius 1 is 1.23 bits per heavy atom. The van der Waals surface area contributed by atoms with E-state index in [4.69, 9.17) is 5.11 Å². The molecule has 4 N–H and O–H groups in total. The van der Waals surface area contributed by atoms with Gasteiger partial charge in [0, 0.05) is 5.33 Å². The van der Waals surface area contributed by atoms with Crippen molar-refractivity contribution in [3.63, 3.8) is 0 Å². The molecule has 0 bridgehead atoms. The maximum absolute atomic E-state index is 8.39. The summed E-state index contributed by atoms with van der Waals surface area (Å²) < 4.78 is 0.844. The van der Waals surface area contributed by atoms with Gasteiger partial charge in [-0.15, -0.1) is 0 Å². The van der Waals surface area contributed by atoms with Gasteiger partial charge in [-0.3, -0.25) is 0 Å². The van der Waals surface area contributed by atoms with Gasteiger partial charge < -0.3 is 15.7 Å². The van der Waals surface area contributed by atoms with E-state index in [1.54, 1.807) is 0 Å². The molecule has 0 aliphatic rings. The normalized spacial score (nSPS) is 9.69. The van der Waals surface area contributed by atoms with Gasteiger partial charge in [0.1, 0.15) is 6.54 Å². The summed E-state index contributed by atoms with van der Waals surface area (Å²) in [7, 11) is 6.16. The van der Waals surface area contributed by atoms with Crippen LogP contribution in [0, 0.1) is 0 Å². The second kappa shape index (κ2) is 12.4. The molecule has 0 saturated carbocycles. The Morgan fingerprint density at radius 3 is 1.69 bits per heavy atom. The van der Waals surface area contributed by atoms with Crippen LogP contribution < -0.4 is 6.15 Å². The van der Waals surface area contributed by atoms with E-state index in [1.807, 2.05) is 0 Å². The molecule has 0 radical (unpaired) electrons. The fourth-order valence-corrected chi connectivity index (χ4v) is 0.994. The molecule has 0 heterocycles. The lowest BCUT2D eigenvalue weighted by atomic mass is 10.4. The molecule has 0 aromatic heterocycles. The Hall–Kier alpha value is 0.360. The third-order valence-corrected chi connectivity index (χ3v) is 1.82. The third kappa shape index (κ3) is 32.8. The van der Waals surface area contributed by atoms with Crippen molar-refractivity contribution in [3.8, 4) is 0 Å². The van der Waals surface area contributed by atoms with Gasteiger partial charge in [0.05, 0.1) is 27.7 Å². The lowest BCUT2D eigenvalue weighted by Gasteiger charge is -2.21.